The number of carbonyl (C=O) groups is 2. The van der Waals surface area contributed by atoms with Crippen molar-refractivity contribution < 1.29 is 14.7 Å². The van der Waals surface area contributed by atoms with Crippen molar-refractivity contribution in [3.63, 3.8) is 0 Å². The lowest BCUT2D eigenvalue weighted by atomic mass is 10.2. The highest BCUT2D eigenvalue weighted by molar-refractivity contribution is 6.04. The fourth-order valence-electron chi connectivity index (χ4n) is 1.76. The second-order valence-corrected chi connectivity index (χ2v) is 4.69. The first-order chi connectivity index (χ1) is 10.5. The largest absolute Gasteiger partial charge is 0.478 e. The van der Waals surface area contributed by atoms with Crippen LogP contribution in [0.2, 0.25) is 0 Å². The molecule has 3 N–H and O–H groups in total. The molecule has 0 unspecified atom stereocenters. The lowest BCUT2D eigenvalue weighted by Crippen LogP contribution is -2.10. The molecule has 2 aromatic carbocycles. The summed E-state index contributed by atoms with van der Waals surface area (Å²) in [6.45, 7) is 1.37. The zero-order valence-corrected chi connectivity index (χ0v) is 12.0. The van der Waals surface area contributed by atoms with Crippen molar-refractivity contribution in [2.45, 2.75) is 6.92 Å². The van der Waals surface area contributed by atoms with Crippen LogP contribution in [-0.2, 0) is 9.59 Å². The zero-order valence-electron chi connectivity index (χ0n) is 12.0. The number of carboxylic acid groups (broad SMARTS) is 1. The van der Waals surface area contributed by atoms with Gasteiger partial charge in [0, 0.05) is 28.7 Å². The van der Waals surface area contributed by atoms with E-state index in [0.717, 1.165) is 17.5 Å². The van der Waals surface area contributed by atoms with Crippen LogP contribution in [0.4, 0.5) is 17.1 Å². The number of anilines is 3. The summed E-state index contributed by atoms with van der Waals surface area (Å²) >= 11 is 0. The lowest BCUT2D eigenvalue weighted by molar-refractivity contribution is -0.132. The van der Waals surface area contributed by atoms with Gasteiger partial charge in [0.2, 0.25) is 5.91 Å². The van der Waals surface area contributed by atoms with Gasteiger partial charge in [-0.05, 0) is 43.3 Å². The van der Waals surface area contributed by atoms with Gasteiger partial charge in [-0.15, -0.1) is 0 Å². The van der Waals surface area contributed by atoms with E-state index < -0.39 is 11.9 Å². The van der Waals surface area contributed by atoms with Crippen molar-refractivity contribution in [1.82, 2.24) is 0 Å². The van der Waals surface area contributed by atoms with E-state index in [0.29, 0.717) is 5.69 Å². The molecule has 1 amide bonds. The average molecular weight is 296 g/mol. The fourth-order valence-corrected chi connectivity index (χ4v) is 1.76. The maximum atomic E-state index is 11.6. The third-order valence-electron chi connectivity index (χ3n) is 2.90. The van der Waals surface area contributed by atoms with Crippen molar-refractivity contribution in [3.8, 4) is 0 Å². The van der Waals surface area contributed by atoms with Gasteiger partial charge in [-0.25, -0.2) is 4.79 Å². The first kappa shape index (κ1) is 15.3. The molecule has 2 rings (SSSR count). The predicted octanol–water partition coefficient (Wildman–Crippen LogP) is 3.40. The van der Waals surface area contributed by atoms with Crippen molar-refractivity contribution in [2.24, 2.45) is 0 Å². The molecule has 112 valence electrons. The number of aliphatic carboxylic acids is 1. The predicted molar refractivity (Wildman–Crippen MR) is 86.2 cm³/mol. The fraction of sp³-hybridized carbons (Fsp3) is 0.0588. The van der Waals surface area contributed by atoms with Crippen LogP contribution in [0, 0.1) is 0 Å². The molecular formula is C17H16N2O3. The summed E-state index contributed by atoms with van der Waals surface area (Å²) in [6, 6.07) is 16.9. The Labute approximate surface area is 128 Å². The highest BCUT2D eigenvalue weighted by Gasteiger charge is 2.04. The number of hydrogen-bond donors (Lipinski definition) is 3. The molecule has 5 heteroatoms. The zero-order chi connectivity index (χ0) is 15.9. The van der Waals surface area contributed by atoms with E-state index in [4.69, 9.17) is 5.11 Å². The van der Waals surface area contributed by atoms with Crippen LogP contribution in [-0.4, -0.2) is 17.0 Å². The summed E-state index contributed by atoms with van der Waals surface area (Å²) in [5.74, 6) is -1.58. The van der Waals surface area contributed by atoms with Crippen LogP contribution >= 0.6 is 0 Å². The van der Waals surface area contributed by atoms with Gasteiger partial charge in [-0.2, -0.15) is 0 Å². The van der Waals surface area contributed by atoms with E-state index in [1.165, 1.54) is 6.92 Å². The first-order valence-electron chi connectivity index (χ1n) is 6.69. The van der Waals surface area contributed by atoms with Crippen molar-refractivity contribution in [2.75, 3.05) is 10.6 Å². The quantitative estimate of drug-likeness (QED) is 0.739. The smallest absolute Gasteiger partial charge is 0.331 e. The van der Waals surface area contributed by atoms with Crippen molar-refractivity contribution in [3.05, 3.63) is 66.2 Å². The summed E-state index contributed by atoms with van der Waals surface area (Å²) < 4.78 is 0. The van der Waals surface area contributed by atoms with Gasteiger partial charge in [-0.1, -0.05) is 18.2 Å². The van der Waals surface area contributed by atoms with Gasteiger partial charge < -0.3 is 15.7 Å². The first-order valence-corrected chi connectivity index (χ1v) is 6.69. The van der Waals surface area contributed by atoms with Crippen molar-refractivity contribution >= 4 is 28.9 Å². The Morgan fingerprint density at radius 3 is 2.05 bits per heavy atom. The highest BCUT2D eigenvalue weighted by atomic mass is 16.4. The van der Waals surface area contributed by atoms with E-state index in [9.17, 15) is 9.59 Å². The number of carboxylic acids is 1. The number of nitrogens with one attached hydrogen (secondary N) is 2. The van der Waals surface area contributed by atoms with Gasteiger partial charge in [0.1, 0.15) is 0 Å². The minimum Gasteiger partial charge on any atom is -0.478 e. The third kappa shape index (κ3) is 4.49. The summed E-state index contributed by atoms with van der Waals surface area (Å²) in [5, 5.41) is 14.6. The maximum absolute atomic E-state index is 11.6. The Kier molecular flexibility index (Phi) is 4.93. The van der Waals surface area contributed by atoms with Crippen LogP contribution in [0.5, 0.6) is 0 Å². The van der Waals surface area contributed by atoms with Crippen LogP contribution in [0.15, 0.2) is 66.2 Å². The minimum absolute atomic E-state index is 0.0140. The Hall–Kier alpha value is -3.08. The molecule has 0 atom stereocenters. The van der Waals surface area contributed by atoms with E-state index in [-0.39, 0.29) is 5.57 Å². The highest BCUT2D eigenvalue weighted by Crippen LogP contribution is 2.18. The molecule has 0 aliphatic heterocycles. The maximum Gasteiger partial charge on any atom is 0.331 e. The molecular weight excluding hydrogens is 280 g/mol. The summed E-state index contributed by atoms with van der Waals surface area (Å²) in [7, 11) is 0. The van der Waals surface area contributed by atoms with Gasteiger partial charge in [-0.3, -0.25) is 4.79 Å². The van der Waals surface area contributed by atoms with E-state index >= 15 is 0 Å². The molecule has 0 aromatic heterocycles. The van der Waals surface area contributed by atoms with Crippen LogP contribution in [0.25, 0.3) is 0 Å². The molecule has 0 bridgehead atoms. The Bertz CT molecular complexity index is 692. The number of carbonyl (C=O) groups excluding carboxylic acids is 1. The molecule has 0 fully saturated rings. The van der Waals surface area contributed by atoms with Crippen LogP contribution in [0.1, 0.15) is 6.92 Å². The average Bonchev–Trinajstić information content (AvgIpc) is 2.50. The molecule has 0 spiro atoms. The molecule has 0 aliphatic carbocycles. The molecule has 0 radical (unpaired) electrons. The summed E-state index contributed by atoms with van der Waals surface area (Å²) in [4.78, 5) is 22.3. The molecule has 0 heterocycles. The molecule has 2 aromatic rings. The summed E-state index contributed by atoms with van der Waals surface area (Å²) in [5.41, 5.74) is 2.44. The number of amides is 1. The minimum atomic E-state index is -1.11. The molecule has 5 nitrogen and oxygen atoms in total. The Morgan fingerprint density at radius 2 is 1.45 bits per heavy atom. The van der Waals surface area contributed by atoms with Gasteiger partial charge in [0.25, 0.3) is 0 Å². The van der Waals surface area contributed by atoms with Crippen LogP contribution in [0.3, 0.4) is 0 Å². The number of benzene rings is 2. The number of rotatable bonds is 5. The van der Waals surface area contributed by atoms with Crippen LogP contribution < -0.4 is 10.6 Å². The topological polar surface area (TPSA) is 78.4 Å². The summed E-state index contributed by atoms with van der Waals surface area (Å²) in [6.07, 6.45) is 1.05. The second kappa shape index (κ2) is 7.08. The number of hydrogen-bond acceptors (Lipinski definition) is 3. The molecule has 0 aliphatic rings. The standard InChI is InChI=1S/C17H16N2O3/c1-12(17(21)22)11-16(20)19-15-9-7-14(8-10-15)18-13-5-3-2-4-6-13/h2-11,18H,1H3,(H,19,20)(H,21,22). The molecule has 0 saturated heterocycles. The Balaban J connectivity index is 1.99. The van der Waals surface area contributed by atoms with E-state index in [1.54, 1.807) is 12.1 Å². The molecule has 22 heavy (non-hydrogen) atoms. The Morgan fingerprint density at radius 1 is 0.909 bits per heavy atom. The van der Waals surface area contributed by atoms with E-state index in [2.05, 4.69) is 10.6 Å². The second-order valence-electron chi connectivity index (χ2n) is 4.69. The van der Waals surface area contributed by atoms with Gasteiger partial charge in [0.05, 0.1) is 0 Å². The number of para-hydroxylation sites is 1. The van der Waals surface area contributed by atoms with Gasteiger partial charge in [0.15, 0.2) is 0 Å². The SMILES string of the molecule is CC(=CC(=O)Nc1ccc(Nc2ccccc2)cc1)C(=O)O. The van der Waals surface area contributed by atoms with Gasteiger partial charge >= 0.3 is 5.97 Å². The normalized spacial score (nSPS) is 10.9. The molecule has 0 saturated carbocycles. The lowest BCUT2D eigenvalue weighted by Gasteiger charge is -2.08. The van der Waals surface area contributed by atoms with E-state index in [1.807, 2.05) is 42.5 Å². The third-order valence-corrected chi connectivity index (χ3v) is 2.90. The monoisotopic (exact) mass is 296 g/mol. The van der Waals surface area contributed by atoms with Crippen molar-refractivity contribution in [1.29, 1.82) is 0 Å².